The van der Waals surface area contributed by atoms with Crippen molar-refractivity contribution >= 4 is 27.7 Å². The van der Waals surface area contributed by atoms with Crippen molar-refractivity contribution < 1.29 is 10.0 Å². The molecular weight excluding hydrogens is 322 g/mol. The van der Waals surface area contributed by atoms with E-state index in [0.717, 1.165) is 22.9 Å². The normalized spacial score (nSPS) is 18.0. The molecule has 1 amide bonds. The van der Waals surface area contributed by atoms with E-state index in [2.05, 4.69) is 26.4 Å². The lowest BCUT2D eigenvalue weighted by Gasteiger charge is -2.28. The Morgan fingerprint density at radius 1 is 1.40 bits per heavy atom. The van der Waals surface area contributed by atoms with Crippen LogP contribution in [0, 0.1) is 6.92 Å². The molecule has 0 spiro atoms. The predicted molar refractivity (Wildman–Crippen MR) is 81.0 cm³/mol. The van der Waals surface area contributed by atoms with Gasteiger partial charge in [0.25, 0.3) is 5.91 Å². The van der Waals surface area contributed by atoms with Crippen molar-refractivity contribution in [3.63, 3.8) is 0 Å². The molecule has 0 aliphatic heterocycles. The van der Waals surface area contributed by atoms with E-state index in [-0.39, 0.29) is 11.7 Å². The van der Waals surface area contributed by atoms with Gasteiger partial charge in [-0.15, -0.1) is 0 Å². The molecule has 4 N–H and O–H groups in total. The average molecular weight is 340 g/mol. The first-order valence-electron chi connectivity index (χ1n) is 6.54. The lowest BCUT2D eigenvalue weighted by molar-refractivity contribution is 0.0922. The molecule has 0 atom stereocenters. The zero-order valence-corrected chi connectivity index (χ0v) is 12.9. The van der Waals surface area contributed by atoms with Gasteiger partial charge in [0.05, 0.1) is 0 Å². The van der Waals surface area contributed by atoms with E-state index >= 15 is 0 Å². The molecule has 20 heavy (non-hydrogen) atoms. The molecule has 1 fully saturated rings. The molecule has 1 saturated carbocycles. The van der Waals surface area contributed by atoms with Crippen LogP contribution in [0.2, 0.25) is 0 Å². The summed E-state index contributed by atoms with van der Waals surface area (Å²) < 4.78 is 0.854. The number of benzene rings is 1. The van der Waals surface area contributed by atoms with Gasteiger partial charge in [0.1, 0.15) is 5.54 Å². The Hall–Kier alpha value is -1.56. The summed E-state index contributed by atoms with van der Waals surface area (Å²) in [4.78, 5) is 12.4. The highest BCUT2D eigenvalue weighted by atomic mass is 79.9. The zero-order valence-electron chi connectivity index (χ0n) is 11.3. The van der Waals surface area contributed by atoms with Crippen LogP contribution >= 0.6 is 15.9 Å². The second-order valence-corrected chi connectivity index (χ2v) is 6.16. The molecule has 0 bridgehead atoms. The van der Waals surface area contributed by atoms with Crippen molar-refractivity contribution in [2.24, 2.45) is 10.9 Å². The molecule has 0 unspecified atom stereocenters. The first kappa shape index (κ1) is 14.8. The first-order valence-corrected chi connectivity index (χ1v) is 7.34. The van der Waals surface area contributed by atoms with Gasteiger partial charge in [-0.05, 0) is 43.5 Å². The first-order chi connectivity index (χ1) is 9.47. The van der Waals surface area contributed by atoms with Crippen molar-refractivity contribution in [2.45, 2.75) is 38.1 Å². The summed E-state index contributed by atoms with van der Waals surface area (Å²) in [5, 5.41) is 15.0. The Bertz CT molecular complexity index is 531. The third kappa shape index (κ3) is 2.95. The lowest BCUT2D eigenvalue weighted by atomic mass is 9.95. The highest BCUT2D eigenvalue weighted by Crippen LogP contribution is 2.30. The molecule has 0 aromatic heterocycles. The number of amides is 1. The molecule has 0 radical (unpaired) electrons. The second-order valence-electron chi connectivity index (χ2n) is 5.25. The fourth-order valence-electron chi connectivity index (χ4n) is 2.68. The monoisotopic (exact) mass is 339 g/mol. The minimum Gasteiger partial charge on any atom is -0.409 e. The van der Waals surface area contributed by atoms with Crippen LogP contribution in [0.3, 0.4) is 0 Å². The predicted octanol–water partition coefficient (Wildman–Crippen LogP) is 2.55. The molecule has 0 heterocycles. The van der Waals surface area contributed by atoms with E-state index in [0.29, 0.717) is 18.4 Å². The third-order valence-electron chi connectivity index (χ3n) is 3.71. The van der Waals surface area contributed by atoms with Crippen molar-refractivity contribution in [2.75, 3.05) is 0 Å². The Labute approximate surface area is 126 Å². The Morgan fingerprint density at radius 2 is 2.05 bits per heavy atom. The number of carbonyl (C=O) groups is 1. The fourth-order valence-corrected chi connectivity index (χ4v) is 3.28. The molecular formula is C14H18BrN3O2. The molecule has 6 heteroatoms. The van der Waals surface area contributed by atoms with Crippen molar-refractivity contribution in [1.82, 2.24) is 5.32 Å². The number of hydrogen-bond donors (Lipinski definition) is 3. The average Bonchev–Trinajstić information content (AvgIpc) is 2.86. The Morgan fingerprint density at radius 3 is 2.60 bits per heavy atom. The van der Waals surface area contributed by atoms with Crippen LogP contribution in [0.15, 0.2) is 27.8 Å². The molecule has 1 aliphatic carbocycles. The molecule has 1 aliphatic rings. The molecule has 5 nitrogen and oxygen atoms in total. The van der Waals surface area contributed by atoms with E-state index in [4.69, 9.17) is 10.9 Å². The van der Waals surface area contributed by atoms with E-state index in [1.54, 1.807) is 6.07 Å². The van der Waals surface area contributed by atoms with Gasteiger partial charge in [-0.1, -0.05) is 33.9 Å². The Kier molecular flexibility index (Phi) is 4.32. The number of nitrogens with zero attached hydrogens (tertiary/aromatic N) is 1. The topological polar surface area (TPSA) is 87.7 Å². The number of hydrogen-bond acceptors (Lipinski definition) is 3. The van der Waals surface area contributed by atoms with E-state index in [9.17, 15) is 4.79 Å². The van der Waals surface area contributed by atoms with Gasteiger partial charge in [-0.3, -0.25) is 4.79 Å². The molecule has 0 saturated heterocycles. The maximum absolute atomic E-state index is 12.4. The number of rotatable bonds is 3. The summed E-state index contributed by atoms with van der Waals surface area (Å²) in [6, 6.07) is 5.51. The van der Waals surface area contributed by atoms with Gasteiger partial charge < -0.3 is 16.3 Å². The minimum absolute atomic E-state index is 0.0788. The van der Waals surface area contributed by atoms with Gasteiger partial charge >= 0.3 is 0 Å². The molecule has 1 aromatic carbocycles. The second kappa shape index (κ2) is 5.83. The van der Waals surface area contributed by atoms with Gasteiger partial charge in [-0.25, -0.2) is 0 Å². The van der Waals surface area contributed by atoms with Gasteiger partial charge in [0.15, 0.2) is 5.84 Å². The largest absolute Gasteiger partial charge is 0.409 e. The summed E-state index contributed by atoms with van der Waals surface area (Å²) in [5.41, 5.74) is 6.61. The van der Waals surface area contributed by atoms with Gasteiger partial charge in [0, 0.05) is 10.0 Å². The number of amidine groups is 1. The van der Waals surface area contributed by atoms with Crippen LogP contribution in [-0.2, 0) is 0 Å². The fraction of sp³-hybridized carbons (Fsp3) is 0.429. The minimum atomic E-state index is -0.720. The molecule has 2 rings (SSSR count). The van der Waals surface area contributed by atoms with Crippen molar-refractivity contribution in [3.8, 4) is 0 Å². The maximum atomic E-state index is 12.4. The summed E-state index contributed by atoms with van der Waals surface area (Å²) in [7, 11) is 0. The molecule has 108 valence electrons. The number of aryl methyl sites for hydroxylation is 1. The Balaban J connectivity index is 2.25. The highest BCUT2D eigenvalue weighted by molar-refractivity contribution is 9.10. The smallest absolute Gasteiger partial charge is 0.252 e. The quantitative estimate of drug-likeness (QED) is 0.342. The summed E-state index contributed by atoms with van der Waals surface area (Å²) >= 11 is 3.38. The number of oxime groups is 1. The van der Waals surface area contributed by atoms with Crippen LogP contribution < -0.4 is 11.1 Å². The van der Waals surface area contributed by atoms with Crippen LogP contribution in [0.5, 0.6) is 0 Å². The van der Waals surface area contributed by atoms with E-state index in [1.165, 1.54) is 0 Å². The van der Waals surface area contributed by atoms with Crippen molar-refractivity contribution in [3.05, 3.63) is 33.8 Å². The zero-order chi connectivity index (χ0) is 14.8. The summed E-state index contributed by atoms with van der Waals surface area (Å²) in [5.74, 6) is -0.127. The highest BCUT2D eigenvalue weighted by Gasteiger charge is 2.39. The van der Waals surface area contributed by atoms with Crippen LogP contribution in [0.4, 0.5) is 0 Å². The standard InChI is InChI=1S/C14H18BrN3O2/c1-9-6-10(8-11(15)7-9)12(19)17-14(13(16)18-20)4-2-3-5-14/h6-8,20H,2-5H2,1H3,(H2,16,18)(H,17,19). The lowest BCUT2D eigenvalue weighted by Crippen LogP contribution is -2.55. The third-order valence-corrected chi connectivity index (χ3v) is 4.17. The van der Waals surface area contributed by atoms with E-state index < -0.39 is 5.54 Å². The number of nitrogens with one attached hydrogen (secondary N) is 1. The summed E-state index contributed by atoms with van der Waals surface area (Å²) in [6.07, 6.45) is 3.30. The van der Waals surface area contributed by atoms with Crippen LogP contribution in [0.1, 0.15) is 41.6 Å². The van der Waals surface area contributed by atoms with Crippen molar-refractivity contribution in [1.29, 1.82) is 0 Å². The van der Waals surface area contributed by atoms with Crippen LogP contribution in [0.25, 0.3) is 0 Å². The maximum Gasteiger partial charge on any atom is 0.252 e. The van der Waals surface area contributed by atoms with E-state index in [1.807, 2.05) is 19.1 Å². The number of carbonyl (C=O) groups excluding carboxylic acids is 1. The van der Waals surface area contributed by atoms with Gasteiger partial charge in [-0.2, -0.15) is 0 Å². The SMILES string of the molecule is Cc1cc(Br)cc(C(=O)NC2(/C(N)=N/O)CCCC2)c1. The molecule has 1 aromatic rings. The van der Waals surface area contributed by atoms with Gasteiger partial charge in [0.2, 0.25) is 0 Å². The number of nitrogens with two attached hydrogens (primary N) is 1. The summed E-state index contributed by atoms with van der Waals surface area (Å²) in [6.45, 7) is 1.93. The van der Waals surface area contributed by atoms with Crippen LogP contribution in [-0.4, -0.2) is 22.5 Å². The number of halogens is 1.